The second kappa shape index (κ2) is 7.08. The lowest BCUT2D eigenvalue weighted by Gasteiger charge is -2.22. The van der Waals surface area contributed by atoms with Crippen LogP contribution in [0.25, 0.3) is 0 Å². The molecule has 3 N–H and O–H groups in total. The number of rotatable bonds is 7. The number of aliphatic hydroxyl groups is 1. The zero-order chi connectivity index (χ0) is 13.5. The van der Waals surface area contributed by atoms with Gasteiger partial charge in [0.05, 0.1) is 6.54 Å². The number of carbonyl (C=O) groups excluding carboxylic acids is 1. The summed E-state index contributed by atoms with van der Waals surface area (Å²) in [5, 5.41) is 20.4. The van der Waals surface area contributed by atoms with Crippen LogP contribution in [-0.4, -0.2) is 66.6 Å². The molecule has 100 valence electrons. The van der Waals surface area contributed by atoms with E-state index in [1.165, 1.54) is 4.90 Å². The number of urea groups is 1. The zero-order valence-corrected chi connectivity index (χ0v) is 10.4. The number of aliphatic carboxylic acids is 1. The minimum absolute atomic E-state index is 0.338. The average Bonchev–Trinajstić information content (AvgIpc) is 2.26. The molecule has 0 saturated carbocycles. The molecule has 1 atom stereocenters. The van der Waals surface area contributed by atoms with Gasteiger partial charge in [-0.1, -0.05) is 0 Å². The van der Waals surface area contributed by atoms with Crippen molar-refractivity contribution in [2.45, 2.75) is 18.9 Å². The number of hydrogen-bond acceptors (Lipinski definition) is 4. The Hall–Kier alpha value is -1.34. The molecule has 0 aliphatic carbocycles. The maximum absolute atomic E-state index is 11.5. The van der Waals surface area contributed by atoms with Crippen LogP contribution in [0.4, 0.5) is 4.79 Å². The molecule has 17 heavy (non-hydrogen) atoms. The molecule has 0 bridgehead atoms. The van der Waals surface area contributed by atoms with E-state index in [0.717, 1.165) is 6.92 Å². The van der Waals surface area contributed by atoms with Crippen LogP contribution < -0.4 is 5.32 Å². The Morgan fingerprint density at radius 1 is 1.47 bits per heavy atom. The molecule has 0 saturated heterocycles. The first-order valence-corrected chi connectivity index (χ1v) is 5.25. The number of carboxylic acids is 1. The third-order valence-electron chi connectivity index (χ3n) is 2.23. The topological polar surface area (TPSA) is 99.1 Å². The molecule has 1 unspecified atom stereocenters. The number of nitrogens with one attached hydrogen (secondary N) is 1. The normalized spacial score (nSPS) is 13.9. The van der Waals surface area contributed by atoms with Crippen molar-refractivity contribution < 1.29 is 24.5 Å². The Morgan fingerprint density at radius 2 is 2.06 bits per heavy atom. The average molecular weight is 248 g/mol. The fourth-order valence-electron chi connectivity index (χ4n) is 1.01. The lowest BCUT2D eigenvalue weighted by Crippen LogP contribution is -2.49. The molecule has 7 nitrogen and oxygen atoms in total. The maximum atomic E-state index is 11.5. The van der Waals surface area contributed by atoms with Crippen LogP contribution >= 0.6 is 0 Å². The summed E-state index contributed by atoms with van der Waals surface area (Å²) in [4.78, 5) is 23.5. The van der Waals surface area contributed by atoms with Gasteiger partial charge in [0.2, 0.25) is 0 Å². The van der Waals surface area contributed by atoms with Gasteiger partial charge in [0.1, 0.15) is 0 Å². The van der Waals surface area contributed by atoms with Gasteiger partial charge in [-0.3, -0.25) is 0 Å². The lowest BCUT2D eigenvalue weighted by molar-refractivity contribution is -0.155. The van der Waals surface area contributed by atoms with Gasteiger partial charge in [-0.05, 0) is 13.3 Å². The van der Waals surface area contributed by atoms with Gasteiger partial charge in [0.15, 0.2) is 5.60 Å². The summed E-state index contributed by atoms with van der Waals surface area (Å²) in [5.41, 5.74) is -1.96. The summed E-state index contributed by atoms with van der Waals surface area (Å²) in [7, 11) is 3.16. The van der Waals surface area contributed by atoms with Crippen LogP contribution in [0.2, 0.25) is 0 Å². The minimum atomic E-state index is -1.96. The molecule has 0 rings (SSSR count). The van der Waals surface area contributed by atoms with E-state index >= 15 is 0 Å². The quantitative estimate of drug-likeness (QED) is 0.527. The van der Waals surface area contributed by atoms with Crippen LogP contribution in [0.5, 0.6) is 0 Å². The van der Waals surface area contributed by atoms with Crippen molar-refractivity contribution in [2.75, 3.05) is 33.9 Å². The highest BCUT2D eigenvalue weighted by atomic mass is 16.5. The molecule has 0 spiro atoms. The fourth-order valence-corrected chi connectivity index (χ4v) is 1.01. The lowest BCUT2D eigenvalue weighted by atomic mass is 10.1. The summed E-state index contributed by atoms with van der Waals surface area (Å²) in [6, 6.07) is -0.428. The number of nitrogens with zero attached hydrogens (tertiary/aromatic N) is 1. The van der Waals surface area contributed by atoms with E-state index < -0.39 is 17.6 Å². The highest BCUT2D eigenvalue weighted by Crippen LogP contribution is 2.01. The molecule has 0 aliphatic heterocycles. The third kappa shape index (κ3) is 6.08. The van der Waals surface area contributed by atoms with Crippen LogP contribution in [0.1, 0.15) is 13.3 Å². The van der Waals surface area contributed by atoms with E-state index in [4.69, 9.17) is 9.84 Å². The van der Waals surface area contributed by atoms with E-state index in [2.05, 4.69) is 5.32 Å². The van der Waals surface area contributed by atoms with Crippen LogP contribution in [0.3, 0.4) is 0 Å². The number of ether oxygens (including phenoxy) is 1. The predicted octanol–water partition coefficient (Wildman–Crippen LogP) is -0.500. The molecule has 0 heterocycles. The van der Waals surface area contributed by atoms with Crippen molar-refractivity contribution in [1.29, 1.82) is 0 Å². The molecule has 2 amide bonds. The van der Waals surface area contributed by atoms with Gasteiger partial charge in [0.25, 0.3) is 0 Å². The largest absolute Gasteiger partial charge is 0.479 e. The highest BCUT2D eigenvalue weighted by Gasteiger charge is 2.30. The summed E-state index contributed by atoms with van der Waals surface area (Å²) in [5.74, 6) is -1.38. The fraction of sp³-hybridized carbons (Fsp3) is 0.800. The van der Waals surface area contributed by atoms with Crippen molar-refractivity contribution in [3.05, 3.63) is 0 Å². The van der Waals surface area contributed by atoms with Crippen LogP contribution in [0, 0.1) is 0 Å². The number of hydrogen-bond donors (Lipinski definition) is 3. The SMILES string of the molecule is COCCCN(C)C(=O)NCC(C)(O)C(=O)O. The number of amides is 2. The van der Waals surface area contributed by atoms with E-state index in [0.29, 0.717) is 19.6 Å². The Bertz CT molecular complexity index is 267. The molecule has 0 aliphatic rings. The van der Waals surface area contributed by atoms with Crippen molar-refractivity contribution in [1.82, 2.24) is 10.2 Å². The first-order chi connectivity index (χ1) is 7.81. The van der Waals surface area contributed by atoms with Gasteiger partial charge in [-0.2, -0.15) is 0 Å². The maximum Gasteiger partial charge on any atom is 0.337 e. The highest BCUT2D eigenvalue weighted by molar-refractivity contribution is 5.79. The molecule has 0 fully saturated rings. The van der Waals surface area contributed by atoms with Crippen LogP contribution in [-0.2, 0) is 9.53 Å². The first-order valence-electron chi connectivity index (χ1n) is 5.25. The molecule has 0 aromatic rings. The number of carbonyl (C=O) groups is 2. The summed E-state index contributed by atoms with van der Waals surface area (Å²) >= 11 is 0. The van der Waals surface area contributed by atoms with Crippen molar-refractivity contribution in [2.24, 2.45) is 0 Å². The minimum Gasteiger partial charge on any atom is -0.479 e. The van der Waals surface area contributed by atoms with E-state index in [9.17, 15) is 14.7 Å². The van der Waals surface area contributed by atoms with E-state index in [-0.39, 0.29) is 6.54 Å². The van der Waals surface area contributed by atoms with Crippen molar-refractivity contribution >= 4 is 12.0 Å². The predicted molar refractivity (Wildman–Crippen MR) is 60.8 cm³/mol. The van der Waals surface area contributed by atoms with Gasteiger partial charge in [-0.15, -0.1) is 0 Å². The van der Waals surface area contributed by atoms with E-state index in [1.807, 2.05) is 0 Å². The molecule has 7 heteroatoms. The zero-order valence-electron chi connectivity index (χ0n) is 10.4. The summed E-state index contributed by atoms with van der Waals surface area (Å²) in [6.45, 7) is 1.83. The first kappa shape index (κ1) is 15.7. The molecule has 0 radical (unpaired) electrons. The van der Waals surface area contributed by atoms with Gasteiger partial charge >= 0.3 is 12.0 Å². The molecule has 0 aromatic heterocycles. The van der Waals surface area contributed by atoms with E-state index in [1.54, 1.807) is 14.2 Å². The van der Waals surface area contributed by atoms with Gasteiger partial charge < -0.3 is 25.2 Å². The smallest absolute Gasteiger partial charge is 0.337 e. The van der Waals surface area contributed by atoms with Gasteiger partial charge in [-0.25, -0.2) is 9.59 Å². The number of methoxy groups -OCH3 is 1. The standard InChI is InChI=1S/C10H20N2O5/c1-10(16,8(13)14)7-11-9(15)12(2)5-4-6-17-3/h16H,4-7H2,1-3H3,(H,11,15)(H,13,14). The second-order valence-electron chi connectivity index (χ2n) is 4.01. The van der Waals surface area contributed by atoms with Gasteiger partial charge in [0, 0.05) is 27.3 Å². The van der Waals surface area contributed by atoms with Crippen LogP contribution in [0.15, 0.2) is 0 Å². The summed E-state index contributed by atoms with van der Waals surface area (Å²) in [6.07, 6.45) is 0.690. The Morgan fingerprint density at radius 3 is 2.53 bits per heavy atom. The van der Waals surface area contributed by atoms with Crippen molar-refractivity contribution in [3.8, 4) is 0 Å². The third-order valence-corrected chi connectivity index (χ3v) is 2.23. The second-order valence-corrected chi connectivity index (χ2v) is 4.01. The van der Waals surface area contributed by atoms with Crippen molar-refractivity contribution in [3.63, 3.8) is 0 Å². The number of carboxylic acid groups (broad SMARTS) is 1. The monoisotopic (exact) mass is 248 g/mol. The molecule has 0 aromatic carbocycles. The summed E-state index contributed by atoms with van der Waals surface area (Å²) < 4.78 is 4.84. The molecular weight excluding hydrogens is 228 g/mol. The Balaban J connectivity index is 3.97. The Labute approximate surface area is 100 Å². The molecular formula is C10H20N2O5. The Kier molecular flexibility index (Phi) is 6.52.